The van der Waals surface area contributed by atoms with Crippen molar-refractivity contribution < 1.29 is 14.1 Å². The molecule has 1 heterocycles. The third-order valence-electron chi connectivity index (χ3n) is 3.17. The lowest BCUT2D eigenvalue weighted by atomic mass is 10.2. The Morgan fingerprint density at radius 2 is 2.10 bits per heavy atom. The number of hydrogen-bond donors (Lipinski definition) is 1. The van der Waals surface area contributed by atoms with Crippen LogP contribution in [0.5, 0.6) is 5.75 Å². The summed E-state index contributed by atoms with van der Waals surface area (Å²) in [5.41, 5.74) is 0.583. The van der Waals surface area contributed by atoms with Crippen molar-refractivity contribution in [2.45, 2.75) is 6.61 Å². The van der Waals surface area contributed by atoms with Crippen molar-refractivity contribution in [2.24, 2.45) is 0 Å². The molecule has 5 nitrogen and oxygen atoms in total. The van der Waals surface area contributed by atoms with E-state index >= 15 is 0 Å². The largest absolute Gasteiger partial charge is 0.489 e. The van der Waals surface area contributed by atoms with Crippen molar-refractivity contribution in [1.29, 1.82) is 0 Å². The Hall–Kier alpha value is -2.89. The molecular weight excluding hydrogens is 275 g/mol. The second-order valence-corrected chi connectivity index (χ2v) is 4.52. The Morgan fingerprint density at radius 1 is 1.24 bits per heavy atom. The van der Waals surface area contributed by atoms with Gasteiger partial charge in [-0.15, -0.1) is 0 Å². The molecule has 3 aromatic rings. The van der Waals surface area contributed by atoms with E-state index in [1.165, 1.54) is 12.1 Å². The van der Waals surface area contributed by atoms with E-state index in [4.69, 9.17) is 4.74 Å². The summed E-state index contributed by atoms with van der Waals surface area (Å²) in [5, 5.41) is 11.7. The number of fused-ring (bicyclic) bond motifs is 1. The summed E-state index contributed by atoms with van der Waals surface area (Å²) in [4.78, 5) is 13.0. The molecule has 0 saturated carbocycles. The van der Waals surface area contributed by atoms with Gasteiger partial charge in [-0.25, -0.2) is 0 Å². The monoisotopic (exact) mass is 286 g/mol. The average Bonchev–Trinajstić information content (AvgIpc) is 2.93. The standard InChI is InChI=1S/C15H11FN2O3/c16-15-11(2-1-3-14(15)18(19)20)9-21-12-4-5-13-10(8-12)6-7-17-13/h1-8,17H,9H2. The number of halogens is 1. The first-order valence-electron chi connectivity index (χ1n) is 6.27. The van der Waals surface area contributed by atoms with Crippen LogP contribution in [0.15, 0.2) is 48.7 Å². The lowest BCUT2D eigenvalue weighted by molar-refractivity contribution is -0.387. The van der Waals surface area contributed by atoms with Gasteiger partial charge in [0.2, 0.25) is 5.82 Å². The van der Waals surface area contributed by atoms with Gasteiger partial charge in [-0.05, 0) is 24.3 Å². The van der Waals surface area contributed by atoms with Gasteiger partial charge < -0.3 is 9.72 Å². The number of aromatic amines is 1. The van der Waals surface area contributed by atoms with E-state index in [0.29, 0.717) is 5.75 Å². The van der Waals surface area contributed by atoms with Crippen LogP contribution < -0.4 is 4.74 Å². The number of benzene rings is 2. The number of nitrogens with zero attached hydrogens (tertiary/aromatic N) is 1. The second kappa shape index (κ2) is 5.24. The van der Waals surface area contributed by atoms with E-state index in [0.717, 1.165) is 17.0 Å². The smallest absolute Gasteiger partial charge is 0.305 e. The average molecular weight is 286 g/mol. The molecule has 21 heavy (non-hydrogen) atoms. The number of hydrogen-bond acceptors (Lipinski definition) is 3. The summed E-state index contributed by atoms with van der Waals surface area (Å²) in [6, 6.07) is 11.4. The van der Waals surface area contributed by atoms with Gasteiger partial charge in [-0.1, -0.05) is 12.1 Å². The summed E-state index contributed by atoms with van der Waals surface area (Å²) >= 11 is 0. The molecule has 0 radical (unpaired) electrons. The molecule has 0 amide bonds. The second-order valence-electron chi connectivity index (χ2n) is 4.52. The van der Waals surface area contributed by atoms with Crippen LogP contribution in [-0.4, -0.2) is 9.91 Å². The van der Waals surface area contributed by atoms with E-state index in [9.17, 15) is 14.5 Å². The number of rotatable bonds is 4. The summed E-state index contributed by atoms with van der Waals surface area (Å²) in [7, 11) is 0. The van der Waals surface area contributed by atoms with E-state index in [-0.39, 0.29) is 12.2 Å². The van der Waals surface area contributed by atoms with Crippen LogP contribution in [-0.2, 0) is 6.61 Å². The van der Waals surface area contributed by atoms with Crippen LogP contribution >= 0.6 is 0 Å². The predicted octanol–water partition coefficient (Wildman–Crippen LogP) is 3.79. The fourth-order valence-corrected chi connectivity index (χ4v) is 2.10. The van der Waals surface area contributed by atoms with Crippen molar-refractivity contribution in [3.05, 3.63) is 70.2 Å². The highest BCUT2D eigenvalue weighted by atomic mass is 19.1. The highest BCUT2D eigenvalue weighted by Crippen LogP contribution is 2.23. The quantitative estimate of drug-likeness (QED) is 0.586. The van der Waals surface area contributed by atoms with Crippen molar-refractivity contribution in [3.8, 4) is 5.75 Å². The van der Waals surface area contributed by atoms with Gasteiger partial charge in [0.15, 0.2) is 0 Å². The fourth-order valence-electron chi connectivity index (χ4n) is 2.10. The minimum atomic E-state index is -0.856. The van der Waals surface area contributed by atoms with Gasteiger partial charge in [0.25, 0.3) is 0 Å². The molecule has 0 saturated heterocycles. The molecule has 0 unspecified atom stereocenters. The summed E-state index contributed by atoms with van der Waals surface area (Å²) in [5.74, 6) is -0.279. The zero-order valence-corrected chi connectivity index (χ0v) is 10.9. The van der Waals surface area contributed by atoms with E-state index in [1.807, 2.05) is 24.4 Å². The van der Waals surface area contributed by atoms with E-state index in [1.54, 1.807) is 6.07 Å². The van der Waals surface area contributed by atoms with Crippen LogP contribution in [0.1, 0.15) is 5.56 Å². The van der Waals surface area contributed by atoms with Gasteiger partial charge in [-0.3, -0.25) is 10.1 Å². The highest BCUT2D eigenvalue weighted by molar-refractivity contribution is 5.80. The van der Waals surface area contributed by atoms with Crippen molar-refractivity contribution in [1.82, 2.24) is 4.98 Å². The zero-order valence-electron chi connectivity index (χ0n) is 10.9. The molecular formula is C15H11FN2O3. The number of nitrogens with one attached hydrogen (secondary N) is 1. The SMILES string of the molecule is O=[N+]([O-])c1cccc(COc2ccc3[nH]ccc3c2)c1F. The summed E-state index contributed by atoms with van der Waals surface area (Å²) < 4.78 is 19.4. The summed E-state index contributed by atoms with van der Waals surface area (Å²) in [6.07, 6.45) is 1.81. The van der Waals surface area contributed by atoms with Crippen LogP contribution in [0.2, 0.25) is 0 Å². The maximum Gasteiger partial charge on any atom is 0.305 e. The first-order valence-corrected chi connectivity index (χ1v) is 6.27. The number of nitro groups is 1. The van der Waals surface area contributed by atoms with Gasteiger partial charge in [0, 0.05) is 28.7 Å². The predicted molar refractivity (Wildman–Crippen MR) is 75.7 cm³/mol. The van der Waals surface area contributed by atoms with Crippen molar-refractivity contribution in [2.75, 3.05) is 0 Å². The van der Waals surface area contributed by atoms with E-state index in [2.05, 4.69) is 4.98 Å². The van der Waals surface area contributed by atoms with Gasteiger partial charge >= 0.3 is 5.69 Å². The summed E-state index contributed by atoms with van der Waals surface area (Å²) in [6.45, 7) is -0.0660. The molecule has 0 aliphatic heterocycles. The zero-order chi connectivity index (χ0) is 14.8. The molecule has 106 valence electrons. The van der Waals surface area contributed by atoms with Crippen molar-refractivity contribution in [3.63, 3.8) is 0 Å². The van der Waals surface area contributed by atoms with Gasteiger partial charge in [0.1, 0.15) is 12.4 Å². The maximum absolute atomic E-state index is 13.9. The molecule has 1 N–H and O–H groups in total. The minimum absolute atomic E-state index is 0.0660. The van der Waals surface area contributed by atoms with Gasteiger partial charge in [-0.2, -0.15) is 4.39 Å². The molecule has 2 aromatic carbocycles. The van der Waals surface area contributed by atoms with Gasteiger partial charge in [0.05, 0.1) is 4.92 Å². The number of H-pyrrole nitrogens is 1. The first kappa shape index (κ1) is 13.1. The molecule has 6 heteroatoms. The van der Waals surface area contributed by atoms with Crippen LogP contribution in [0.4, 0.5) is 10.1 Å². The molecule has 0 bridgehead atoms. The highest BCUT2D eigenvalue weighted by Gasteiger charge is 2.17. The van der Waals surface area contributed by atoms with E-state index < -0.39 is 16.4 Å². The Kier molecular flexibility index (Phi) is 3.27. The Morgan fingerprint density at radius 3 is 2.90 bits per heavy atom. The third-order valence-corrected chi connectivity index (χ3v) is 3.17. The lowest BCUT2D eigenvalue weighted by Gasteiger charge is -2.07. The molecule has 3 rings (SSSR count). The molecule has 0 atom stereocenters. The topological polar surface area (TPSA) is 68.2 Å². The molecule has 0 aliphatic carbocycles. The normalized spacial score (nSPS) is 10.7. The van der Waals surface area contributed by atoms with Crippen LogP contribution in [0, 0.1) is 15.9 Å². The maximum atomic E-state index is 13.9. The lowest BCUT2D eigenvalue weighted by Crippen LogP contribution is -2.01. The molecule has 0 fully saturated rings. The number of aromatic nitrogens is 1. The fraction of sp³-hybridized carbons (Fsp3) is 0.0667. The van der Waals surface area contributed by atoms with Crippen molar-refractivity contribution >= 4 is 16.6 Å². The Bertz CT molecular complexity index is 814. The van der Waals surface area contributed by atoms with Crippen LogP contribution in [0.25, 0.3) is 10.9 Å². The third kappa shape index (κ3) is 2.55. The molecule has 0 aliphatic rings. The van der Waals surface area contributed by atoms with Crippen LogP contribution in [0.3, 0.4) is 0 Å². The first-order chi connectivity index (χ1) is 10.1. The molecule has 1 aromatic heterocycles. The minimum Gasteiger partial charge on any atom is -0.489 e. The Balaban J connectivity index is 1.81. The number of nitro benzene ring substituents is 1. The Labute approximate surface area is 119 Å². The molecule has 0 spiro atoms. The number of ether oxygens (including phenoxy) is 1.